The number of para-hydroxylation sites is 2. The highest BCUT2D eigenvalue weighted by molar-refractivity contribution is 5.65. The SMILES string of the molecule is Cc1cccc(Nc2nc(C)cc(Nc3ccccc3OC(C)C)n2)c1. The zero-order chi connectivity index (χ0) is 18.5. The van der Waals surface area contributed by atoms with Crippen LogP contribution in [0.3, 0.4) is 0 Å². The second-order valence-corrected chi connectivity index (χ2v) is 6.50. The fraction of sp³-hybridized carbons (Fsp3) is 0.238. The van der Waals surface area contributed by atoms with Gasteiger partial charge in [-0.1, -0.05) is 24.3 Å². The van der Waals surface area contributed by atoms with Gasteiger partial charge < -0.3 is 15.4 Å². The molecular weight excluding hydrogens is 324 g/mol. The Bertz CT molecular complexity index is 893. The molecule has 2 N–H and O–H groups in total. The normalized spacial score (nSPS) is 10.7. The van der Waals surface area contributed by atoms with Crippen molar-refractivity contribution in [3.63, 3.8) is 0 Å². The molecule has 26 heavy (non-hydrogen) atoms. The van der Waals surface area contributed by atoms with E-state index in [1.807, 2.05) is 63.2 Å². The standard InChI is InChI=1S/C21H24N4O/c1-14(2)26-19-11-6-5-10-18(19)24-20-13-16(4)22-21(25-20)23-17-9-7-8-15(3)12-17/h5-14H,1-4H3,(H2,22,23,24,25). The molecule has 0 unspecified atom stereocenters. The third kappa shape index (κ3) is 4.72. The van der Waals surface area contributed by atoms with Gasteiger partial charge in [-0.05, 0) is 57.5 Å². The maximum atomic E-state index is 5.87. The molecule has 1 heterocycles. The third-order valence-electron chi connectivity index (χ3n) is 3.64. The Morgan fingerprint density at radius 2 is 1.69 bits per heavy atom. The second kappa shape index (κ2) is 7.87. The quantitative estimate of drug-likeness (QED) is 0.627. The molecule has 5 nitrogen and oxygen atoms in total. The summed E-state index contributed by atoms with van der Waals surface area (Å²) in [6.45, 7) is 8.02. The van der Waals surface area contributed by atoms with Crippen molar-refractivity contribution in [1.29, 1.82) is 0 Å². The lowest BCUT2D eigenvalue weighted by Gasteiger charge is -2.16. The molecule has 1 aromatic heterocycles. The second-order valence-electron chi connectivity index (χ2n) is 6.50. The Morgan fingerprint density at radius 1 is 0.885 bits per heavy atom. The number of hydrogen-bond donors (Lipinski definition) is 2. The predicted molar refractivity (Wildman–Crippen MR) is 107 cm³/mol. The molecule has 5 heteroatoms. The molecule has 0 aliphatic rings. The Hall–Kier alpha value is -3.08. The van der Waals surface area contributed by atoms with Gasteiger partial charge in [-0.25, -0.2) is 4.98 Å². The van der Waals surface area contributed by atoms with E-state index in [1.165, 1.54) is 5.56 Å². The predicted octanol–water partition coefficient (Wildman–Crippen LogP) is 5.37. The summed E-state index contributed by atoms with van der Waals surface area (Å²) in [5.74, 6) is 2.07. The van der Waals surface area contributed by atoms with Crippen molar-refractivity contribution in [3.05, 3.63) is 65.9 Å². The van der Waals surface area contributed by atoms with Crippen LogP contribution in [-0.2, 0) is 0 Å². The van der Waals surface area contributed by atoms with E-state index < -0.39 is 0 Å². The van der Waals surface area contributed by atoms with Crippen molar-refractivity contribution >= 4 is 23.1 Å². The van der Waals surface area contributed by atoms with E-state index in [2.05, 4.69) is 39.7 Å². The molecule has 0 amide bonds. The maximum absolute atomic E-state index is 5.87. The summed E-state index contributed by atoms with van der Waals surface area (Å²) in [7, 11) is 0. The van der Waals surface area contributed by atoms with Crippen LogP contribution < -0.4 is 15.4 Å². The lowest BCUT2D eigenvalue weighted by Crippen LogP contribution is -2.08. The fourth-order valence-corrected chi connectivity index (χ4v) is 2.60. The average molecular weight is 348 g/mol. The first-order valence-corrected chi connectivity index (χ1v) is 8.72. The van der Waals surface area contributed by atoms with Crippen LogP contribution in [0.25, 0.3) is 0 Å². The van der Waals surface area contributed by atoms with E-state index in [9.17, 15) is 0 Å². The van der Waals surface area contributed by atoms with Crippen LogP contribution in [-0.4, -0.2) is 16.1 Å². The molecule has 3 aromatic rings. The number of anilines is 4. The van der Waals surface area contributed by atoms with Crippen LogP contribution in [0.1, 0.15) is 25.1 Å². The number of hydrogen-bond acceptors (Lipinski definition) is 5. The largest absolute Gasteiger partial charge is 0.489 e. The first kappa shape index (κ1) is 17.7. The van der Waals surface area contributed by atoms with Gasteiger partial charge in [-0.15, -0.1) is 0 Å². The van der Waals surface area contributed by atoms with Crippen LogP contribution in [0.4, 0.5) is 23.1 Å². The van der Waals surface area contributed by atoms with Gasteiger partial charge in [0.2, 0.25) is 5.95 Å². The highest BCUT2D eigenvalue weighted by Gasteiger charge is 2.08. The van der Waals surface area contributed by atoms with Gasteiger partial charge in [0.1, 0.15) is 11.6 Å². The first-order chi connectivity index (χ1) is 12.5. The highest BCUT2D eigenvalue weighted by atomic mass is 16.5. The maximum Gasteiger partial charge on any atom is 0.229 e. The number of rotatable bonds is 6. The molecule has 0 bridgehead atoms. The third-order valence-corrected chi connectivity index (χ3v) is 3.64. The Labute approximate surface area is 154 Å². The molecule has 0 fully saturated rings. The molecule has 0 saturated carbocycles. The summed E-state index contributed by atoms with van der Waals surface area (Å²) in [6.07, 6.45) is 0.101. The number of nitrogens with one attached hydrogen (secondary N) is 2. The number of benzene rings is 2. The Kier molecular flexibility index (Phi) is 5.37. The smallest absolute Gasteiger partial charge is 0.229 e. The monoisotopic (exact) mass is 348 g/mol. The lowest BCUT2D eigenvalue weighted by atomic mass is 10.2. The van der Waals surface area contributed by atoms with E-state index in [-0.39, 0.29) is 6.10 Å². The van der Waals surface area contributed by atoms with Crippen LogP contribution in [0.5, 0.6) is 5.75 Å². The van der Waals surface area contributed by atoms with Crippen LogP contribution in [0.15, 0.2) is 54.6 Å². The van der Waals surface area contributed by atoms with E-state index in [1.54, 1.807) is 0 Å². The summed E-state index contributed by atoms with van der Waals surface area (Å²) in [5.41, 5.74) is 3.89. The van der Waals surface area contributed by atoms with Gasteiger partial charge in [0.25, 0.3) is 0 Å². The number of aryl methyl sites for hydroxylation is 2. The Morgan fingerprint density at radius 3 is 2.46 bits per heavy atom. The van der Waals surface area contributed by atoms with Gasteiger partial charge >= 0.3 is 0 Å². The number of nitrogens with zero attached hydrogens (tertiary/aromatic N) is 2. The van der Waals surface area contributed by atoms with Gasteiger partial charge in [0.05, 0.1) is 11.8 Å². The van der Waals surface area contributed by atoms with Crippen molar-refractivity contribution in [1.82, 2.24) is 9.97 Å². The van der Waals surface area contributed by atoms with E-state index >= 15 is 0 Å². The number of ether oxygens (including phenoxy) is 1. The van der Waals surface area contributed by atoms with Crippen molar-refractivity contribution < 1.29 is 4.74 Å². The average Bonchev–Trinajstić information content (AvgIpc) is 2.56. The van der Waals surface area contributed by atoms with Gasteiger partial charge in [-0.3, -0.25) is 0 Å². The summed E-state index contributed by atoms with van der Waals surface area (Å²) in [4.78, 5) is 9.06. The lowest BCUT2D eigenvalue weighted by molar-refractivity contribution is 0.244. The minimum absolute atomic E-state index is 0.101. The molecule has 0 radical (unpaired) electrons. The molecule has 0 saturated heterocycles. The molecule has 0 aliphatic heterocycles. The number of aromatic nitrogens is 2. The first-order valence-electron chi connectivity index (χ1n) is 8.72. The van der Waals surface area contributed by atoms with Crippen molar-refractivity contribution in [3.8, 4) is 5.75 Å². The van der Waals surface area contributed by atoms with Gasteiger partial charge in [0.15, 0.2) is 0 Å². The van der Waals surface area contributed by atoms with E-state index in [0.29, 0.717) is 11.8 Å². The van der Waals surface area contributed by atoms with Crippen LogP contribution >= 0.6 is 0 Å². The van der Waals surface area contributed by atoms with Crippen molar-refractivity contribution in [2.75, 3.05) is 10.6 Å². The van der Waals surface area contributed by atoms with E-state index in [4.69, 9.17) is 4.74 Å². The van der Waals surface area contributed by atoms with Crippen LogP contribution in [0, 0.1) is 13.8 Å². The molecule has 0 atom stereocenters. The van der Waals surface area contributed by atoms with Gasteiger partial charge in [0, 0.05) is 17.4 Å². The van der Waals surface area contributed by atoms with Gasteiger partial charge in [-0.2, -0.15) is 4.98 Å². The Balaban J connectivity index is 1.84. The fourth-order valence-electron chi connectivity index (χ4n) is 2.60. The summed E-state index contributed by atoms with van der Waals surface area (Å²) >= 11 is 0. The van der Waals surface area contributed by atoms with E-state index in [0.717, 1.165) is 22.8 Å². The van der Waals surface area contributed by atoms with Crippen molar-refractivity contribution in [2.24, 2.45) is 0 Å². The zero-order valence-electron chi connectivity index (χ0n) is 15.6. The summed E-state index contributed by atoms with van der Waals surface area (Å²) in [6, 6.07) is 17.9. The molecule has 0 aliphatic carbocycles. The molecule has 3 rings (SSSR count). The molecular formula is C21H24N4O. The van der Waals surface area contributed by atoms with Crippen LogP contribution in [0.2, 0.25) is 0 Å². The highest BCUT2D eigenvalue weighted by Crippen LogP contribution is 2.28. The molecule has 134 valence electrons. The zero-order valence-corrected chi connectivity index (χ0v) is 15.6. The summed E-state index contributed by atoms with van der Waals surface area (Å²) in [5, 5.41) is 6.61. The summed E-state index contributed by atoms with van der Waals surface area (Å²) < 4.78 is 5.87. The topological polar surface area (TPSA) is 59.1 Å². The minimum Gasteiger partial charge on any atom is -0.489 e. The molecule has 0 spiro atoms. The van der Waals surface area contributed by atoms with Crippen molar-refractivity contribution in [2.45, 2.75) is 33.8 Å². The molecule has 2 aromatic carbocycles. The minimum atomic E-state index is 0.101.